The molecule has 7 heteroatoms. The summed E-state index contributed by atoms with van der Waals surface area (Å²) in [6, 6.07) is 1.70. The quantitative estimate of drug-likeness (QED) is 0.799. The molecule has 0 aliphatic carbocycles. The van der Waals surface area contributed by atoms with E-state index in [4.69, 9.17) is 9.26 Å². The number of amides is 1. The summed E-state index contributed by atoms with van der Waals surface area (Å²) in [7, 11) is 1.66. The van der Waals surface area contributed by atoms with Crippen LogP contribution in [0.15, 0.2) is 10.6 Å². The van der Waals surface area contributed by atoms with Gasteiger partial charge in [-0.3, -0.25) is 19.8 Å². The fourth-order valence-electron chi connectivity index (χ4n) is 1.59. The van der Waals surface area contributed by atoms with Crippen molar-refractivity contribution in [3.8, 4) is 0 Å². The van der Waals surface area contributed by atoms with Crippen molar-refractivity contribution < 1.29 is 18.8 Å². The lowest BCUT2D eigenvalue weighted by atomic mass is 9.92. The molecule has 0 bridgehead atoms. The van der Waals surface area contributed by atoms with E-state index in [0.717, 1.165) is 5.69 Å². The van der Waals surface area contributed by atoms with Crippen molar-refractivity contribution in [3.63, 3.8) is 0 Å². The second-order valence-corrected chi connectivity index (χ2v) is 5.85. The lowest BCUT2D eigenvalue weighted by molar-refractivity contribution is -0.144. The third-order valence-corrected chi connectivity index (χ3v) is 2.66. The van der Waals surface area contributed by atoms with Gasteiger partial charge in [-0.15, -0.1) is 0 Å². The summed E-state index contributed by atoms with van der Waals surface area (Å²) in [5.41, 5.74) is 0.616. The van der Waals surface area contributed by atoms with Crippen molar-refractivity contribution in [2.45, 2.75) is 33.1 Å². The second-order valence-electron chi connectivity index (χ2n) is 5.85. The molecule has 0 aromatic carbocycles. The molecular formula is C14H23N3O4. The van der Waals surface area contributed by atoms with Crippen LogP contribution >= 0.6 is 0 Å². The molecule has 118 valence electrons. The van der Waals surface area contributed by atoms with Crippen LogP contribution in [0.2, 0.25) is 0 Å². The first kappa shape index (κ1) is 17.2. The minimum atomic E-state index is -0.359. The Morgan fingerprint density at radius 3 is 2.57 bits per heavy atom. The highest BCUT2D eigenvalue weighted by Gasteiger charge is 2.20. The standard InChI is InChI=1S/C14H23N3O4/c1-6-20-13(19)9-17(5)8-11(18)15-12-7-10(16-21-12)14(2,3)4/h7H,6,8-9H2,1-5H3,(H,15,18). The van der Waals surface area contributed by atoms with Gasteiger partial charge in [0, 0.05) is 11.5 Å². The number of hydrogen-bond donors (Lipinski definition) is 1. The third kappa shape index (κ3) is 5.95. The third-order valence-electron chi connectivity index (χ3n) is 2.66. The Labute approximate surface area is 124 Å². The molecule has 0 fully saturated rings. The maximum Gasteiger partial charge on any atom is 0.320 e. The van der Waals surface area contributed by atoms with E-state index in [2.05, 4.69) is 10.5 Å². The van der Waals surface area contributed by atoms with Gasteiger partial charge in [-0.25, -0.2) is 0 Å². The first-order valence-corrected chi connectivity index (χ1v) is 6.83. The summed E-state index contributed by atoms with van der Waals surface area (Å²) in [6.45, 7) is 8.19. The Hall–Kier alpha value is -1.89. The van der Waals surface area contributed by atoms with Crippen LogP contribution in [0, 0.1) is 0 Å². The highest BCUT2D eigenvalue weighted by molar-refractivity contribution is 5.91. The van der Waals surface area contributed by atoms with Crippen molar-refractivity contribution in [3.05, 3.63) is 11.8 Å². The summed E-state index contributed by atoms with van der Waals surface area (Å²) in [4.78, 5) is 24.7. The van der Waals surface area contributed by atoms with Gasteiger partial charge in [0.1, 0.15) is 0 Å². The molecule has 1 aromatic rings. The lowest BCUT2D eigenvalue weighted by Gasteiger charge is -2.14. The first-order valence-electron chi connectivity index (χ1n) is 6.83. The van der Waals surface area contributed by atoms with Gasteiger partial charge in [0.2, 0.25) is 11.8 Å². The average molecular weight is 297 g/mol. The number of rotatable bonds is 6. The number of ether oxygens (including phenoxy) is 1. The van der Waals surface area contributed by atoms with Crippen molar-refractivity contribution in [2.75, 3.05) is 32.1 Å². The van der Waals surface area contributed by atoms with E-state index in [-0.39, 0.29) is 30.4 Å². The van der Waals surface area contributed by atoms with Gasteiger partial charge in [-0.2, -0.15) is 0 Å². The highest BCUT2D eigenvalue weighted by atomic mass is 16.5. The summed E-state index contributed by atoms with van der Waals surface area (Å²) in [5.74, 6) is -0.338. The van der Waals surface area contributed by atoms with Crippen LogP contribution < -0.4 is 5.32 Å². The van der Waals surface area contributed by atoms with Crippen molar-refractivity contribution in [1.29, 1.82) is 0 Å². The Kier molecular flexibility index (Phi) is 5.90. The molecule has 1 aromatic heterocycles. The van der Waals surface area contributed by atoms with Gasteiger partial charge in [0.25, 0.3) is 0 Å². The maximum atomic E-state index is 11.8. The normalized spacial score (nSPS) is 11.5. The van der Waals surface area contributed by atoms with E-state index in [1.54, 1.807) is 24.9 Å². The minimum absolute atomic E-state index is 0.0599. The van der Waals surface area contributed by atoms with Gasteiger partial charge < -0.3 is 9.26 Å². The van der Waals surface area contributed by atoms with Crippen molar-refractivity contribution in [1.82, 2.24) is 10.1 Å². The molecule has 0 spiro atoms. The highest BCUT2D eigenvalue weighted by Crippen LogP contribution is 2.23. The predicted octanol–water partition coefficient (Wildman–Crippen LogP) is 1.41. The Balaban J connectivity index is 2.46. The molecule has 0 unspecified atom stereocenters. The van der Waals surface area contributed by atoms with Crippen LogP contribution in [0.1, 0.15) is 33.4 Å². The van der Waals surface area contributed by atoms with Crippen LogP contribution in [0.3, 0.4) is 0 Å². The van der Waals surface area contributed by atoms with E-state index in [1.165, 1.54) is 0 Å². The second kappa shape index (κ2) is 7.21. The number of carbonyl (C=O) groups is 2. The van der Waals surface area contributed by atoms with E-state index in [1.807, 2.05) is 20.8 Å². The van der Waals surface area contributed by atoms with E-state index in [9.17, 15) is 9.59 Å². The van der Waals surface area contributed by atoms with Crippen LogP contribution in [0.5, 0.6) is 0 Å². The molecule has 0 atom stereocenters. The van der Waals surface area contributed by atoms with E-state index >= 15 is 0 Å². The molecule has 0 aliphatic rings. The van der Waals surface area contributed by atoms with Gasteiger partial charge in [-0.05, 0) is 14.0 Å². The first-order chi connectivity index (χ1) is 9.72. The number of carbonyl (C=O) groups excluding carboxylic acids is 2. The number of esters is 1. The minimum Gasteiger partial charge on any atom is -0.465 e. The van der Waals surface area contributed by atoms with Gasteiger partial charge in [0.05, 0.1) is 25.4 Å². The topological polar surface area (TPSA) is 84.7 Å². The molecule has 1 rings (SSSR count). The molecule has 21 heavy (non-hydrogen) atoms. The zero-order valence-electron chi connectivity index (χ0n) is 13.2. The smallest absolute Gasteiger partial charge is 0.320 e. The SMILES string of the molecule is CCOC(=O)CN(C)CC(=O)Nc1cc(C(C)(C)C)no1. The Bertz CT molecular complexity index is 491. The van der Waals surface area contributed by atoms with Crippen LogP contribution in [-0.4, -0.2) is 48.7 Å². The molecule has 7 nitrogen and oxygen atoms in total. The average Bonchev–Trinajstić information content (AvgIpc) is 2.76. The van der Waals surface area contributed by atoms with E-state index in [0.29, 0.717) is 12.5 Å². The summed E-state index contributed by atoms with van der Waals surface area (Å²) in [6.07, 6.45) is 0. The largest absolute Gasteiger partial charge is 0.465 e. The zero-order chi connectivity index (χ0) is 16.0. The van der Waals surface area contributed by atoms with Gasteiger partial charge >= 0.3 is 5.97 Å². The van der Waals surface area contributed by atoms with Crippen LogP contribution in [-0.2, 0) is 19.7 Å². The lowest BCUT2D eigenvalue weighted by Crippen LogP contribution is -2.34. The van der Waals surface area contributed by atoms with Crippen LogP contribution in [0.4, 0.5) is 5.88 Å². The number of aromatic nitrogens is 1. The van der Waals surface area contributed by atoms with Crippen LogP contribution in [0.25, 0.3) is 0 Å². The number of likely N-dealkylation sites (N-methyl/N-ethyl adjacent to an activating group) is 1. The van der Waals surface area contributed by atoms with E-state index < -0.39 is 0 Å². The molecule has 0 radical (unpaired) electrons. The maximum absolute atomic E-state index is 11.8. The molecule has 0 saturated carbocycles. The molecule has 1 N–H and O–H groups in total. The van der Waals surface area contributed by atoms with Gasteiger partial charge in [0.15, 0.2) is 0 Å². The van der Waals surface area contributed by atoms with Gasteiger partial charge in [-0.1, -0.05) is 25.9 Å². The van der Waals surface area contributed by atoms with Crippen molar-refractivity contribution >= 4 is 17.8 Å². The number of anilines is 1. The summed E-state index contributed by atoms with van der Waals surface area (Å²) in [5, 5.41) is 6.52. The zero-order valence-corrected chi connectivity index (χ0v) is 13.2. The Morgan fingerprint density at radius 1 is 1.38 bits per heavy atom. The predicted molar refractivity (Wildman–Crippen MR) is 78.0 cm³/mol. The molecule has 0 saturated heterocycles. The number of nitrogens with one attached hydrogen (secondary N) is 1. The molecular weight excluding hydrogens is 274 g/mol. The summed E-state index contributed by atoms with van der Waals surface area (Å²) < 4.78 is 9.88. The monoisotopic (exact) mass is 297 g/mol. The summed E-state index contributed by atoms with van der Waals surface area (Å²) >= 11 is 0. The number of hydrogen-bond acceptors (Lipinski definition) is 6. The Morgan fingerprint density at radius 2 is 2.05 bits per heavy atom. The van der Waals surface area contributed by atoms with Crippen molar-refractivity contribution in [2.24, 2.45) is 0 Å². The molecule has 1 heterocycles. The fraction of sp³-hybridized carbons (Fsp3) is 0.643. The number of nitrogens with zero attached hydrogens (tertiary/aromatic N) is 2. The fourth-order valence-corrected chi connectivity index (χ4v) is 1.59. The molecule has 0 aliphatic heterocycles. The molecule has 1 amide bonds.